The minimum absolute atomic E-state index is 0.0266. The van der Waals surface area contributed by atoms with Crippen molar-refractivity contribution < 1.29 is 4.79 Å². The largest absolute Gasteiger partial charge is 0.347 e. The molecule has 0 saturated carbocycles. The summed E-state index contributed by atoms with van der Waals surface area (Å²) in [5, 5.41) is 7.50. The Morgan fingerprint density at radius 1 is 1.35 bits per heavy atom. The molecule has 1 saturated heterocycles. The van der Waals surface area contributed by atoms with Gasteiger partial charge in [0.25, 0.3) is 5.91 Å². The third-order valence-electron chi connectivity index (χ3n) is 3.44. The Kier molecular flexibility index (Phi) is 4.45. The number of piperidine rings is 1. The first-order chi connectivity index (χ1) is 9.65. The summed E-state index contributed by atoms with van der Waals surface area (Å²) in [7, 11) is 0. The van der Waals surface area contributed by atoms with E-state index in [-0.39, 0.29) is 11.9 Å². The number of hydrogen-bond donors (Lipinski definition) is 2. The number of carbonyl (C=O) groups is 1. The molecule has 106 valence electrons. The van der Waals surface area contributed by atoms with Crippen LogP contribution in [0.25, 0.3) is 10.1 Å². The van der Waals surface area contributed by atoms with Crippen molar-refractivity contribution in [3.63, 3.8) is 0 Å². The number of hydrogen-bond acceptors (Lipinski definition) is 3. The topological polar surface area (TPSA) is 41.1 Å². The summed E-state index contributed by atoms with van der Waals surface area (Å²) in [6.07, 6.45) is 2.17. The van der Waals surface area contributed by atoms with Crippen LogP contribution in [0.2, 0.25) is 0 Å². The summed E-state index contributed by atoms with van der Waals surface area (Å²) in [6, 6.07) is 6.19. The Morgan fingerprint density at radius 2 is 2.15 bits per heavy atom. The Balaban J connectivity index is 1.84. The van der Waals surface area contributed by atoms with Crippen molar-refractivity contribution >= 4 is 59.2 Å². The molecule has 1 aromatic carbocycles. The Bertz CT molecular complexity index is 611. The fraction of sp³-hybridized carbons (Fsp3) is 0.357. The lowest BCUT2D eigenvalue weighted by Gasteiger charge is -2.23. The van der Waals surface area contributed by atoms with Gasteiger partial charge >= 0.3 is 0 Å². The number of carbonyl (C=O) groups excluding carboxylic acids is 1. The van der Waals surface area contributed by atoms with E-state index in [0.29, 0.717) is 0 Å². The SMILES string of the molecule is O=C(N[C@@H]1CCCNC1)c1cc2c(Br)ccc(Br)c2s1. The second-order valence-electron chi connectivity index (χ2n) is 4.90. The van der Waals surface area contributed by atoms with Crippen LogP contribution in [0.4, 0.5) is 0 Å². The van der Waals surface area contributed by atoms with E-state index in [0.717, 1.165) is 49.8 Å². The van der Waals surface area contributed by atoms with Crippen LogP contribution in [-0.2, 0) is 0 Å². The first-order valence-corrected chi connectivity index (χ1v) is 8.94. The van der Waals surface area contributed by atoms with Gasteiger partial charge in [0, 0.05) is 26.9 Å². The molecule has 2 N–H and O–H groups in total. The minimum Gasteiger partial charge on any atom is -0.347 e. The first kappa shape index (κ1) is 14.5. The second kappa shape index (κ2) is 6.13. The van der Waals surface area contributed by atoms with Crippen LogP contribution in [0.1, 0.15) is 22.5 Å². The van der Waals surface area contributed by atoms with Gasteiger partial charge < -0.3 is 10.6 Å². The summed E-state index contributed by atoms with van der Waals surface area (Å²) in [5.41, 5.74) is 0. The highest BCUT2D eigenvalue weighted by Gasteiger charge is 2.18. The number of halogens is 2. The highest BCUT2D eigenvalue weighted by Crippen LogP contribution is 2.36. The Morgan fingerprint density at radius 3 is 2.85 bits per heavy atom. The molecule has 0 radical (unpaired) electrons. The Hall–Kier alpha value is -0.430. The molecule has 1 amide bonds. The lowest BCUT2D eigenvalue weighted by molar-refractivity contribution is 0.0935. The van der Waals surface area contributed by atoms with E-state index in [1.165, 1.54) is 11.3 Å². The summed E-state index contributed by atoms with van der Waals surface area (Å²) >= 11 is 8.60. The predicted molar refractivity (Wildman–Crippen MR) is 90.6 cm³/mol. The third kappa shape index (κ3) is 2.93. The zero-order valence-electron chi connectivity index (χ0n) is 10.7. The fourth-order valence-corrected chi connectivity index (χ4v) is 4.56. The van der Waals surface area contributed by atoms with Crippen molar-refractivity contribution in [2.45, 2.75) is 18.9 Å². The lowest BCUT2D eigenvalue weighted by Crippen LogP contribution is -2.45. The van der Waals surface area contributed by atoms with Crippen LogP contribution < -0.4 is 10.6 Å². The second-order valence-corrected chi connectivity index (χ2v) is 7.66. The molecule has 0 spiro atoms. The standard InChI is InChI=1S/C14H14Br2N2OS/c15-10-3-4-11(16)13-9(10)6-12(20-13)14(19)18-8-2-1-5-17-7-8/h3-4,6,8,17H,1-2,5,7H2,(H,18,19)/t8-/m1/s1. The van der Waals surface area contributed by atoms with Gasteiger partial charge in [-0.05, 0) is 53.5 Å². The monoisotopic (exact) mass is 416 g/mol. The smallest absolute Gasteiger partial charge is 0.261 e. The third-order valence-corrected chi connectivity index (χ3v) is 6.22. The van der Waals surface area contributed by atoms with Crippen LogP contribution >= 0.6 is 43.2 Å². The van der Waals surface area contributed by atoms with E-state index >= 15 is 0 Å². The summed E-state index contributed by atoms with van der Waals surface area (Å²) in [5.74, 6) is 0.0266. The molecule has 3 rings (SSSR count). The van der Waals surface area contributed by atoms with Crippen LogP contribution in [0.5, 0.6) is 0 Å². The maximum Gasteiger partial charge on any atom is 0.261 e. The van der Waals surface area contributed by atoms with E-state index in [1.54, 1.807) is 0 Å². The molecule has 2 aromatic rings. The van der Waals surface area contributed by atoms with E-state index in [4.69, 9.17) is 0 Å². The van der Waals surface area contributed by atoms with Gasteiger partial charge in [0.05, 0.1) is 9.58 Å². The highest BCUT2D eigenvalue weighted by molar-refractivity contribution is 9.11. The quantitative estimate of drug-likeness (QED) is 0.777. The van der Waals surface area contributed by atoms with Crippen molar-refractivity contribution in [2.24, 2.45) is 0 Å². The van der Waals surface area contributed by atoms with Crippen molar-refractivity contribution in [2.75, 3.05) is 13.1 Å². The number of amides is 1. The van der Waals surface area contributed by atoms with Gasteiger partial charge in [-0.15, -0.1) is 11.3 Å². The normalized spacial score (nSPS) is 19.2. The number of fused-ring (bicyclic) bond motifs is 1. The highest BCUT2D eigenvalue weighted by atomic mass is 79.9. The number of rotatable bonds is 2. The van der Waals surface area contributed by atoms with Crippen molar-refractivity contribution in [3.8, 4) is 0 Å². The van der Waals surface area contributed by atoms with E-state index in [2.05, 4.69) is 42.5 Å². The molecule has 1 aromatic heterocycles. The van der Waals surface area contributed by atoms with Crippen molar-refractivity contribution in [3.05, 3.63) is 32.0 Å². The fourth-order valence-electron chi connectivity index (χ4n) is 2.40. The molecular weight excluding hydrogens is 404 g/mol. The molecule has 0 bridgehead atoms. The molecule has 20 heavy (non-hydrogen) atoms. The molecule has 3 nitrogen and oxygen atoms in total. The molecular formula is C14H14Br2N2OS. The van der Waals surface area contributed by atoms with Gasteiger partial charge in [-0.2, -0.15) is 0 Å². The number of nitrogens with one attached hydrogen (secondary N) is 2. The van der Waals surface area contributed by atoms with E-state index in [9.17, 15) is 4.79 Å². The maximum absolute atomic E-state index is 12.3. The lowest BCUT2D eigenvalue weighted by atomic mass is 10.1. The van der Waals surface area contributed by atoms with Crippen molar-refractivity contribution in [1.82, 2.24) is 10.6 Å². The van der Waals surface area contributed by atoms with E-state index in [1.807, 2.05) is 18.2 Å². The summed E-state index contributed by atoms with van der Waals surface area (Å²) in [4.78, 5) is 13.1. The van der Waals surface area contributed by atoms with Gasteiger partial charge in [0.15, 0.2) is 0 Å². The van der Waals surface area contributed by atoms with Crippen LogP contribution in [0, 0.1) is 0 Å². The van der Waals surface area contributed by atoms with Gasteiger partial charge in [-0.3, -0.25) is 4.79 Å². The molecule has 1 aliphatic heterocycles. The molecule has 0 unspecified atom stereocenters. The van der Waals surface area contributed by atoms with Gasteiger partial charge in [-0.25, -0.2) is 0 Å². The van der Waals surface area contributed by atoms with Gasteiger partial charge in [0.2, 0.25) is 0 Å². The molecule has 2 heterocycles. The molecule has 6 heteroatoms. The number of benzene rings is 1. The van der Waals surface area contributed by atoms with Crippen LogP contribution in [-0.4, -0.2) is 25.0 Å². The van der Waals surface area contributed by atoms with Gasteiger partial charge in [-0.1, -0.05) is 15.9 Å². The van der Waals surface area contributed by atoms with Gasteiger partial charge in [0.1, 0.15) is 0 Å². The number of thiophene rings is 1. The average molecular weight is 418 g/mol. The van der Waals surface area contributed by atoms with Crippen molar-refractivity contribution in [1.29, 1.82) is 0 Å². The summed E-state index contributed by atoms with van der Waals surface area (Å²) in [6.45, 7) is 1.92. The summed E-state index contributed by atoms with van der Waals surface area (Å²) < 4.78 is 3.15. The molecule has 1 atom stereocenters. The zero-order chi connectivity index (χ0) is 14.1. The average Bonchev–Trinajstić information content (AvgIpc) is 2.91. The van der Waals surface area contributed by atoms with Crippen LogP contribution in [0.3, 0.4) is 0 Å². The molecule has 1 fully saturated rings. The zero-order valence-corrected chi connectivity index (χ0v) is 14.7. The molecule has 0 aliphatic carbocycles. The maximum atomic E-state index is 12.3. The predicted octanol–water partition coefficient (Wildman–Crippen LogP) is 3.91. The first-order valence-electron chi connectivity index (χ1n) is 6.54. The Labute approximate surface area is 138 Å². The van der Waals surface area contributed by atoms with Crippen LogP contribution in [0.15, 0.2) is 27.1 Å². The minimum atomic E-state index is 0.0266. The molecule has 1 aliphatic rings. The van der Waals surface area contributed by atoms with E-state index < -0.39 is 0 Å².